The molecule has 0 spiro atoms. The van der Waals surface area contributed by atoms with Crippen LogP contribution in [-0.2, 0) is 5.60 Å². The second-order valence-electron chi connectivity index (χ2n) is 10.3. The smallest absolute Gasteiger partial charge is 0.199 e. The van der Waals surface area contributed by atoms with Crippen LogP contribution in [0.15, 0.2) is 97.1 Å². The molecule has 0 bridgehead atoms. The number of methoxy groups -OCH3 is 2. The molecule has 4 aromatic carbocycles. The van der Waals surface area contributed by atoms with Crippen LogP contribution in [0.1, 0.15) is 66.0 Å². The van der Waals surface area contributed by atoms with Crippen LogP contribution in [0, 0.1) is 5.92 Å². The summed E-state index contributed by atoms with van der Waals surface area (Å²) in [7, 11) is 3.12. The van der Waals surface area contributed by atoms with E-state index in [1.165, 1.54) is 0 Å². The highest BCUT2D eigenvalue weighted by atomic mass is 16.5. The number of aliphatic hydroxyl groups is 1. The number of carbonyl (C=O) groups is 3. The summed E-state index contributed by atoms with van der Waals surface area (Å²) in [4.78, 5) is 42.0. The molecule has 0 aromatic heterocycles. The lowest BCUT2D eigenvalue weighted by Gasteiger charge is -2.45. The first kappa shape index (κ1) is 25.7. The summed E-state index contributed by atoms with van der Waals surface area (Å²) in [6.07, 6.45) is 0.0266. The van der Waals surface area contributed by atoms with Gasteiger partial charge in [-0.15, -0.1) is 0 Å². The SMILES string of the molecule is COc1ccc(C(=O)C[C@@H]2c3ccccc3[C@]3(O)C(=O)c4ccccc4[C@@H]3[C@H]2C(=O)c2ccc(OC)cc2)cc1. The summed E-state index contributed by atoms with van der Waals surface area (Å²) >= 11 is 0. The minimum absolute atomic E-state index is 0.0266. The number of ether oxygens (including phenoxy) is 2. The maximum Gasteiger partial charge on any atom is 0.199 e. The fourth-order valence-electron chi connectivity index (χ4n) is 6.50. The van der Waals surface area contributed by atoms with Gasteiger partial charge in [0, 0.05) is 40.9 Å². The van der Waals surface area contributed by atoms with Crippen molar-refractivity contribution in [2.75, 3.05) is 14.2 Å². The molecule has 1 N–H and O–H groups in total. The van der Waals surface area contributed by atoms with Gasteiger partial charge in [-0.3, -0.25) is 14.4 Å². The van der Waals surface area contributed by atoms with Gasteiger partial charge in [0.1, 0.15) is 11.5 Å². The molecule has 0 radical (unpaired) electrons. The Morgan fingerprint density at radius 1 is 0.750 bits per heavy atom. The maximum absolute atomic E-state index is 14.4. The summed E-state index contributed by atoms with van der Waals surface area (Å²) < 4.78 is 10.5. The molecule has 0 saturated carbocycles. The Morgan fingerprint density at radius 3 is 1.93 bits per heavy atom. The maximum atomic E-state index is 14.4. The van der Waals surface area contributed by atoms with E-state index in [0.717, 1.165) is 0 Å². The van der Waals surface area contributed by atoms with E-state index in [1.54, 1.807) is 93.1 Å². The first-order chi connectivity index (χ1) is 19.4. The molecule has 6 heteroatoms. The number of carbonyl (C=O) groups excluding carboxylic acids is 3. The van der Waals surface area contributed by atoms with Crippen molar-refractivity contribution in [3.05, 3.63) is 130 Å². The molecule has 0 fully saturated rings. The van der Waals surface area contributed by atoms with Crippen molar-refractivity contribution in [2.45, 2.75) is 23.9 Å². The highest BCUT2D eigenvalue weighted by Crippen LogP contribution is 2.60. The molecular weight excluding hydrogens is 504 g/mol. The topological polar surface area (TPSA) is 89.9 Å². The Morgan fingerprint density at radius 2 is 1.30 bits per heavy atom. The molecule has 0 aliphatic heterocycles. The quantitative estimate of drug-likeness (QED) is 0.305. The average Bonchev–Trinajstić information content (AvgIpc) is 3.24. The lowest BCUT2D eigenvalue weighted by molar-refractivity contribution is -0.00160. The standard InChI is InChI=1S/C34H28O6/c1-39-22-15-11-20(12-16-22)29(35)19-27-24-7-5-6-10-28(24)34(38)31(25-8-3-4-9-26(25)33(34)37)30(27)32(36)21-13-17-23(40-2)18-14-21/h3-18,27,30-31,38H,19H2,1-2H3/t27-,30+,31-,34-/m1/s1. The third-order valence-corrected chi connectivity index (χ3v) is 8.39. The van der Waals surface area contributed by atoms with Crippen molar-refractivity contribution in [3.63, 3.8) is 0 Å². The van der Waals surface area contributed by atoms with Crippen molar-refractivity contribution in [2.24, 2.45) is 5.92 Å². The lowest BCUT2D eigenvalue weighted by Crippen LogP contribution is -2.48. The van der Waals surface area contributed by atoms with Crippen LogP contribution < -0.4 is 9.47 Å². The van der Waals surface area contributed by atoms with Crippen LogP contribution >= 0.6 is 0 Å². The number of rotatable bonds is 7. The molecule has 2 aliphatic rings. The van der Waals surface area contributed by atoms with Gasteiger partial charge in [0.25, 0.3) is 0 Å². The number of Topliss-reactive ketones (excluding diaryl/α,β-unsaturated/α-hetero) is 3. The zero-order chi connectivity index (χ0) is 28.0. The Kier molecular flexibility index (Phi) is 6.35. The third kappa shape index (κ3) is 3.87. The van der Waals surface area contributed by atoms with Gasteiger partial charge in [-0.25, -0.2) is 0 Å². The summed E-state index contributed by atoms with van der Waals surface area (Å²) in [5.41, 5.74) is 1.11. The summed E-state index contributed by atoms with van der Waals surface area (Å²) in [5, 5.41) is 12.3. The number of hydrogen-bond donors (Lipinski definition) is 1. The molecule has 0 heterocycles. The summed E-state index contributed by atoms with van der Waals surface area (Å²) in [6.45, 7) is 0. The fraction of sp³-hybridized carbons (Fsp3) is 0.206. The van der Waals surface area contributed by atoms with Crippen molar-refractivity contribution >= 4 is 17.3 Å². The van der Waals surface area contributed by atoms with E-state index >= 15 is 0 Å². The van der Waals surface area contributed by atoms with Crippen molar-refractivity contribution in [3.8, 4) is 11.5 Å². The average molecular weight is 533 g/mol. The Balaban J connectivity index is 1.53. The molecule has 4 aromatic rings. The Bertz CT molecular complexity index is 1620. The van der Waals surface area contributed by atoms with E-state index in [-0.39, 0.29) is 18.0 Å². The van der Waals surface area contributed by atoms with Crippen LogP contribution in [0.4, 0.5) is 0 Å². The second kappa shape index (κ2) is 9.88. The van der Waals surface area contributed by atoms with Gasteiger partial charge >= 0.3 is 0 Å². The summed E-state index contributed by atoms with van der Waals surface area (Å²) in [6, 6.07) is 27.9. The number of hydrogen-bond acceptors (Lipinski definition) is 6. The molecule has 200 valence electrons. The predicted molar refractivity (Wildman–Crippen MR) is 149 cm³/mol. The van der Waals surface area contributed by atoms with Gasteiger partial charge in [-0.1, -0.05) is 48.5 Å². The first-order valence-electron chi connectivity index (χ1n) is 13.2. The van der Waals surface area contributed by atoms with Gasteiger partial charge in [0.2, 0.25) is 0 Å². The van der Waals surface area contributed by atoms with E-state index in [9.17, 15) is 19.5 Å². The molecule has 6 rings (SSSR count). The van der Waals surface area contributed by atoms with Gasteiger partial charge in [0.05, 0.1) is 14.2 Å². The minimum atomic E-state index is -1.92. The fourth-order valence-corrected chi connectivity index (χ4v) is 6.50. The highest BCUT2D eigenvalue weighted by molar-refractivity contribution is 6.11. The predicted octanol–water partition coefficient (Wildman–Crippen LogP) is 5.74. The third-order valence-electron chi connectivity index (χ3n) is 8.39. The molecule has 2 aliphatic carbocycles. The van der Waals surface area contributed by atoms with Crippen LogP contribution in [-0.4, -0.2) is 36.7 Å². The van der Waals surface area contributed by atoms with Gasteiger partial charge in [-0.2, -0.15) is 0 Å². The van der Waals surface area contributed by atoms with E-state index in [2.05, 4.69) is 0 Å². The van der Waals surface area contributed by atoms with Crippen molar-refractivity contribution < 1.29 is 29.0 Å². The largest absolute Gasteiger partial charge is 0.497 e. The van der Waals surface area contributed by atoms with Gasteiger partial charge < -0.3 is 14.6 Å². The molecular formula is C34H28O6. The van der Waals surface area contributed by atoms with Gasteiger partial charge in [-0.05, 0) is 65.2 Å². The number of fused-ring (bicyclic) bond motifs is 5. The number of benzene rings is 4. The van der Waals surface area contributed by atoms with Crippen LogP contribution in [0.25, 0.3) is 0 Å². The highest BCUT2D eigenvalue weighted by Gasteiger charge is 2.62. The van der Waals surface area contributed by atoms with Crippen LogP contribution in [0.3, 0.4) is 0 Å². The normalized spacial score (nSPS) is 22.6. The lowest BCUT2D eigenvalue weighted by atomic mass is 9.58. The molecule has 0 amide bonds. The summed E-state index contributed by atoms with van der Waals surface area (Å²) in [5.74, 6) is -1.86. The van der Waals surface area contributed by atoms with E-state index in [0.29, 0.717) is 44.9 Å². The Labute approximate surface area is 232 Å². The molecule has 6 nitrogen and oxygen atoms in total. The molecule has 40 heavy (non-hydrogen) atoms. The monoisotopic (exact) mass is 532 g/mol. The molecule has 0 unspecified atom stereocenters. The number of ketones is 3. The second-order valence-corrected chi connectivity index (χ2v) is 10.3. The molecule has 4 atom stereocenters. The zero-order valence-electron chi connectivity index (χ0n) is 22.2. The van der Waals surface area contributed by atoms with Crippen molar-refractivity contribution in [1.82, 2.24) is 0 Å². The van der Waals surface area contributed by atoms with Crippen molar-refractivity contribution in [1.29, 1.82) is 0 Å². The van der Waals surface area contributed by atoms with Crippen LogP contribution in [0.5, 0.6) is 11.5 Å². The minimum Gasteiger partial charge on any atom is -0.497 e. The van der Waals surface area contributed by atoms with Gasteiger partial charge in [0.15, 0.2) is 23.0 Å². The Hall–Kier alpha value is -4.55. The van der Waals surface area contributed by atoms with E-state index in [4.69, 9.17) is 9.47 Å². The zero-order valence-corrected chi connectivity index (χ0v) is 22.2. The van der Waals surface area contributed by atoms with E-state index < -0.39 is 29.1 Å². The molecule has 0 saturated heterocycles. The van der Waals surface area contributed by atoms with E-state index in [1.807, 2.05) is 18.2 Å². The van der Waals surface area contributed by atoms with Crippen LogP contribution in [0.2, 0.25) is 0 Å². The first-order valence-corrected chi connectivity index (χ1v) is 13.2.